The molecule has 0 aromatic carbocycles. The number of esters is 1. The SMILES string of the molecule is COC(=O)C(C)NC=O. The first-order valence-corrected chi connectivity index (χ1v) is 2.50. The predicted octanol–water partition coefficient (Wildman–Crippen LogP) is -0.706. The molecule has 0 aromatic rings. The van der Waals surface area contributed by atoms with Crippen molar-refractivity contribution in [3.63, 3.8) is 0 Å². The number of hydrogen-bond donors (Lipinski definition) is 1. The molecule has 0 aliphatic carbocycles. The highest BCUT2D eigenvalue weighted by atomic mass is 16.5. The van der Waals surface area contributed by atoms with Gasteiger partial charge in [-0.3, -0.25) is 4.79 Å². The van der Waals surface area contributed by atoms with E-state index in [0.717, 1.165) is 0 Å². The summed E-state index contributed by atoms with van der Waals surface area (Å²) in [5, 5.41) is 2.24. The van der Waals surface area contributed by atoms with Crippen molar-refractivity contribution in [3.8, 4) is 0 Å². The summed E-state index contributed by atoms with van der Waals surface area (Å²) in [7, 11) is 1.27. The molecule has 4 heteroatoms. The van der Waals surface area contributed by atoms with Crippen molar-refractivity contribution in [3.05, 3.63) is 0 Å². The summed E-state index contributed by atoms with van der Waals surface area (Å²) in [6, 6.07) is -0.549. The van der Waals surface area contributed by atoms with Crippen LogP contribution in [0.4, 0.5) is 0 Å². The van der Waals surface area contributed by atoms with Crippen LogP contribution in [0.3, 0.4) is 0 Å². The number of hydrogen-bond acceptors (Lipinski definition) is 3. The number of rotatable bonds is 3. The molecule has 1 atom stereocenters. The van der Waals surface area contributed by atoms with Crippen molar-refractivity contribution in [1.29, 1.82) is 0 Å². The van der Waals surface area contributed by atoms with Gasteiger partial charge in [-0.1, -0.05) is 0 Å². The van der Waals surface area contributed by atoms with Gasteiger partial charge >= 0.3 is 5.97 Å². The van der Waals surface area contributed by atoms with Gasteiger partial charge in [-0.05, 0) is 6.92 Å². The fourth-order valence-electron chi connectivity index (χ4n) is 0.347. The second-order valence-electron chi connectivity index (χ2n) is 1.53. The monoisotopic (exact) mass is 131 g/mol. The molecule has 1 unspecified atom stereocenters. The summed E-state index contributed by atoms with van der Waals surface area (Å²) in [6.45, 7) is 1.54. The van der Waals surface area contributed by atoms with E-state index in [1.54, 1.807) is 6.92 Å². The zero-order chi connectivity index (χ0) is 7.28. The third kappa shape index (κ3) is 2.69. The van der Waals surface area contributed by atoms with Gasteiger partial charge in [0.25, 0.3) is 0 Å². The van der Waals surface area contributed by atoms with Crippen LogP contribution >= 0.6 is 0 Å². The minimum absolute atomic E-state index is 0.442. The largest absolute Gasteiger partial charge is 0.467 e. The first kappa shape index (κ1) is 7.94. The number of carbonyl (C=O) groups is 2. The molecule has 0 heterocycles. The summed E-state index contributed by atoms with van der Waals surface area (Å²) in [5.74, 6) is -0.442. The second kappa shape index (κ2) is 3.88. The minimum atomic E-state index is -0.549. The lowest BCUT2D eigenvalue weighted by Gasteiger charge is -2.05. The van der Waals surface area contributed by atoms with E-state index < -0.39 is 12.0 Å². The smallest absolute Gasteiger partial charge is 0.328 e. The fraction of sp³-hybridized carbons (Fsp3) is 0.600. The number of nitrogens with one attached hydrogen (secondary N) is 1. The van der Waals surface area contributed by atoms with E-state index in [4.69, 9.17) is 0 Å². The van der Waals surface area contributed by atoms with Crippen LogP contribution in [0.1, 0.15) is 6.92 Å². The van der Waals surface area contributed by atoms with Gasteiger partial charge in [-0.15, -0.1) is 0 Å². The van der Waals surface area contributed by atoms with Crippen molar-refractivity contribution in [1.82, 2.24) is 5.32 Å². The van der Waals surface area contributed by atoms with E-state index in [9.17, 15) is 9.59 Å². The molecule has 0 saturated heterocycles. The highest BCUT2D eigenvalue weighted by molar-refractivity contribution is 5.77. The molecule has 52 valence electrons. The highest BCUT2D eigenvalue weighted by Gasteiger charge is 2.09. The maximum atomic E-state index is 10.5. The van der Waals surface area contributed by atoms with Crippen molar-refractivity contribution >= 4 is 12.4 Å². The van der Waals surface area contributed by atoms with Crippen LogP contribution in [0.5, 0.6) is 0 Å². The van der Waals surface area contributed by atoms with Crippen LogP contribution in [0, 0.1) is 0 Å². The molecular formula is C5H9NO3. The average Bonchev–Trinajstić information content (AvgIpc) is 1.87. The Morgan fingerprint density at radius 1 is 1.78 bits per heavy atom. The Labute approximate surface area is 53.2 Å². The molecule has 0 radical (unpaired) electrons. The van der Waals surface area contributed by atoms with E-state index >= 15 is 0 Å². The Bertz CT molecular complexity index is 113. The zero-order valence-corrected chi connectivity index (χ0v) is 5.38. The van der Waals surface area contributed by atoms with Gasteiger partial charge in [-0.25, -0.2) is 4.79 Å². The van der Waals surface area contributed by atoms with Gasteiger partial charge in [0.2, 0.25) is 6.41 Å². The van der Waals surface area contributed by atoms with Crippen LogP contribution in [-0.2, 0) is 14.3 Å². The maximum absolute atomic E-state index is 10.5. The molecule has 0 saturated carbocycles. The third-order valence-corrected chi connectivity index (χ3v) is 0.873. The van der Waals surface area contributed by atoms with Gasteiger partial charge in [-0.2, -0.15) is 0 Å². The van der Waals surface area contributed by atoms with E-state index in [-0.39, 0.29) is 0 Å². The van der Waals surface area contributed by atoms with Crippen LogP contribution < -0.4 is 5.32 Å². The average molecular weight is 131 g/mol. The zero-order valence-electron chi connectivity index (χ0n) is 5.38. The maximum Gasteiger partial charge on any atom is 0.328 e. The van der Waals surface area contributed by atoms with E-state index in [1.165, 1.54) is 7.11 Å². The number of amides is 1. The van der Waals surface area contributed by atoms with Crippen LogP contribution in [0.25, 0.3) is 0 Å². The molecule has 0 aliphatic rings. The summed E-state index contributed by atoms with van der Waals surface area (Å²) in [6.07, 6.45) is 0.460. The lowest BCUT2D eigenvalue weighted by Crippen LogP contribution is -2.33. The Morgan fingerprint density at radius 2 is 2.33 bits per heavy atom. The minimum Gasteiger partial charge on any atom is -0.467 e. The molecule has 0 fully saturated rings. The Hall–Kier alpha value is -1.06. The predicted molar refractivity (Wildman–Crippen MR) is 30.7 cm³/mol. The van der Waals surface area contributed by atoms with Crippen molar-refractivity contribution in [2.45, 2.75) is 13.0 Å². The normalized spacial score (nSPS) is 11.8. The second-order valence-corrected chi connectivity index (χ2v) is 1.53. The van der Waals surface area contributed by atoms with E-state index in [1.807, 2.05) is 0 Å². The number of ether oxygens (including phenoxy) is 1. The van der Waals surface area contributed by atoms with Crippen LogP contribution in [0.2, 0.25) is 0 Å². The van der Waals surface area contributed by atoms with Gasteiger partial charge in [0.05, 0.1) is 7.11 Å². The van der Waals surface area contributed by atoms with Gasteiger partial charge in [0.15, 0.2) is 0 Å². The summed E-state index contributed by atoms with van der Waals surface area (Å²) < 4.78 is 4.30. The fourth-order valence-corrected chi connectivity index (χ4v) is 0.347. The van der Waals surface area contributed by atoms with Gasteiger partial charge in [0.1, 0.15) is 6.04 Å². The first-order valence-electron chi connectivity index (χ1n) is 2.50. The molecule has 4 nitrogen and oxygen atoms in total. The Morgan fingerprint density at radius 3 is 2.67 bits per heavy atom. The Balaban J connectivity index is 3.58. The third-order valence-electron chi connectivity index (χ3n) is 0.873. The lowest BCUT2D eigenvalue weighted by atomic mass is 10.4. The van der Waals surface area contributed by atoms with Crippen LogP contribution in [0.15, 0.2) is 0 Å². The molecule has 1 N–H and O–H groups in total. The molecular weight excluding hydrogens is 122 g/mol. The quantitative estimate of drug-likeness (QED) is 0.407. The standard InChI is InChI=1S/C5H9NO3/c1-4(6-3-7)5(8)9-2/h3-4H,1-2H3,(H,6,7). The number of methoxy groups -OCH3 is 1. The summed E-state index contributed by atoms with van der Waals surface area (Å²) in [5.41, 5.74) is 0. The van der Waals surface area contributed by atoms with Gasteiger partial charge in [0, 0.05) is 0 Å². The first-order chi connectivity index (χ1) is 4.22. The molecule has 9 heavy (non-hydrogen) atoms. The lowest BCUT2D eigenvalue weighted by molar-refractivity contribution is -0.143. The summed E-state index contributed by atoms with van der Waals surface area (Å²) in [4.78, 5) is 20.2. The molecule has 0 spiro atoms. The Kier molecular flexibility index (Phi) is 3.43. The molecule has 1 amide bonds. The van der Waals surface area contributed by atoms with Crippen LogP contribution in [-0.4, -0.2) is 25.5 Å². The van der Waals surface area contributed by atoms with Crippen molar-refractivity contribution in [2.75, 3.05) is 7.11 Å². The van der Waals surface area contributed by atoms with E-state index in [2.05, 4.69) is 10.1 Å². The number of carbonyl (C=O) groups excluding carboxylic acids is 2. The molecule has 0 bridgehead atoms. The molecule has 0 aromatic heterocycles. The topological polar surface area (TPSA) is 55.4 Å². The van der Waals surface area contributed by atoms with Crippen molar-refractivity contribution < 1.29 is 14.3 Å². The highest BCUT2D eigenvalue weighted by Crippen LogP contribution is 1.81. The molecule has 0 aliphatic heterocycles. The summed E-state index contributed by atoms with van der Waals surface area (Å²) >= 11 is 0. The molecule has 0 rings (SSSR count). The van der Waals surface area contributed by atoms with Gasteiger partial charge < -0.3 is 10.1 Å². The van der Waals surface area contributed by atoms with Crippen molar-refractivity contribution in [2.24, 2.45) is 0 Å². The van der Waals surface area contributed by atoms with E-state index in [0.29, 0.717) is 6.41 Å².